The fourth-order valence-electron chi connectivity index (χ4n) is 2.35. The first-order chi connectivity index (χ1) is 12.4. The maximum Gasteiger partial charge on any atom is 0.228 e. The first kappa shape index (κ1) is 19.1. The summed E-state index contributed by atoms with van der Waals surface area (Å²) in [4.78, 5) is 24.3. The quantitative estimate of drug-likeness (QED) is 0.831. The van der Waals surface area contributed by atoms with E-state index in [1.54, 1.807) is 48.7 Å². The number of aryl methyl sites for hydroxylation is 1. The lowest BCUT2D eigenvalue weighted by molar-refractivity contribution is -0.116. The Morgan fingerprint density at radius 1 is 1.19 bits per heavy atom. The third-order valence-electron chi connectivity index (χ3n) is 3.48. The molecular formula is C20H22N2O4. The molecule has 136 valence electrons. The molecule has 0 aliphatic heterocycles. The molecule has 0 aromatic heterocycles. The number of carbonyl (C=O) groups excluding carboxylic acids is 2. The molecule has 2 rings (SSSR count). The van der Waals surface area contributed by atoms with Crippen LogP contribution >= 0.6 is 0 Å². The SMILES string of the molecule is CC(=O)Nc1cccc(OC/C=C/N(C(C)=O)c2ccc(C)cc2O)c1. The van der Waals surface area contributed by atoms with Crippen molar-refractivity contribution in [2.24, 2.45) is 0 Å². The number of nitrogens with zero attached hydrogens (tertiary/aromatic N) is 1. The van der Waals surface area contributed by atoms with Crippen molar-refractivity contribution in [2.75, 3.05) is 16.8 Å². The highest BCUT2D eigenvalue weighted by Gasteiger charge is 2.12. The molecule has 0 fully saturated rings. The van der Waals surface area contributed by atoms with Gasteiger partial charge >= 0.3 is 0 Å². The van der Waals surface area contributed by atoms with Gasteiger partial charge in [0, 0.05) is 31.8 Å². The summed E-state index contributed by atoms with van der Waals surface area (Å²) in [7, 11) is 0. The second-order valence-corrected chi connectivity index (χ2v) is 5.79. The Kier molecular flexibility index (Phi) is 6.38. The largest absolute Gasteiger partial charge is 0.506 e. The lowest BCUT2D eigenvalue weighted by atomic mass is 10.2. The zero-order chi connectivity index (χ0) is 19.1. The second kappa shape index (κ2) is 8.71. The van der Waals surface area contributed by atoms with Crippen LogP contribution in [0.4, 0.5) is 11.4 Å². The molecule has 0 heterocycles. The fraction of sp³-hybridized carbons (Fsp3) is 0.200. The number of nitrogens with one attached hydrogen (secondary N) is 1. The minimum Gasteiger partial charge on any atom is -0.506 e. The Hall–Kier alpha value is -3.28. The highest BCUT2D eigenvalue weighted by Crippen LogP contribution is 2.28. The van der Waals surface area contributed by atoms with Crippen molar-refractivity contribution in [3.63, 3.8) is 0 Å². The van der Waals surface area contributed by atoms with Crippen LogP contribution in [0.1, 0.15) is 19.4 Å². The number of phenolic OH excluding ortho intramolecular Hbond substituents is 1. The zero-order valence-corrected chi connectivity index (χ0v) is 15.0. The number of rotatable bonds is 6. The van der Waals surface area contributed by atoms with Crippen molar-refractivity contribution >= 4 is 23.2 Å². The van der Waals surface area contributed by atoms with E-state index < -0.39 is 0 Å². The smallest absolute Gasteiger partial charge is 0.228 e. The molecular weight excluding hydrogens is 332 g/mol. The molecule has 2 aromatic carbocycles. The highest BCUT2D eigenvalue weighted by atomic mass is 16.5. The van der Waals surface area contributed by atoms with Gasteiger partial charge in [0.1, 0.15) is 18.1 Å². The average Bonchev–Trinajstić information content (AvgIpc) is 2.55. The Bertz CT molecular complexity index is 830. The van der Waals surface area contributed by atoms with E-state index in [-0.39, 0.29) is 24.2 Å². The van der Waals surface area contributed by atoms with Gasteiger partial charge in [0.25, 0.3) is 0 Å². The van der Waals surface area contributed by atoms with Crippen molar-refractivity contribution in [1.82, 2.24) is 0 Å². The summed E-state index contributed by atoms with van der Waals surface area (Å²) in [6, 6.07) is 12.1. The maximum absolute atomic E-state index is 11.9. The van der Waals surface area contributed by atoms with Crippen LogP contribution in [0.3, 0.4) is 0 Å². The third-order valence-corrected chi connectivity index (χ3v) is 3.48. The van der Waals surface area contributed by atoms with E-state index in [0.29, 0.717) is 17.1 Å². The number of carbonyl (C=O) groups is 2. The highest BCUT2D eigenvalue weighted by molar-refractivity contribution is 5.94. The molecule has 0 radical (unpaired) electrons. The molecule has 6 heteroatoms. The monoisotopic (exact) mass is 354 g/mol. The molecule has 0 saturated heterocycles. The Labute approximate surface area is 152 Å². The fourth-order valence-corrected chi connectivity index (χ4v) is 2.35. The van der Waals surface area contributed by atoms with Crippen LogP contribution in [0.5, 0.6) is 11.5 Å². The normalized spacial score (nSPS) is 10.6. The van der Waals surface area contributed by atoms with Gasteiger partial charge in [-0.05, 0) is 42.8 Å². The van der Waals surface area contributed by atoms with Gasteiger partial charge in [-0.1, -0.05) is 12.1 Å². The van der Waals surface area contributed by atoms with E-state index in [9.17, 15) is 14.7 Å². The molecule has 0 bridgehead atoms. The van der Waals surface area contributed by atoms with Gasteiger partial charge in [0.05, 0.1) is 5.69 Å². The summed E-state index contributed by atoms with van der Waals surface area (Å²) in [5.41, 5.74) is 1.96. The molecule has 0 unspecified atom stereocenters. The minimum absolute atomic E-state index is 0.0359. The molecule has 2 N–H and O–H groups in total. The number of amides is 2. The van der Waals surface area contributed by atoms with Crippen LogP contribution in [0.2, 0.25) is 0 Å². The van der Waals surface area contributed by atoms with E-state index in [4.69, 9.17) is 4.74 Å². The Morgan fingerprint density at radius 2 is 1.96 bits per heavy atom. The first-order valence-electron chi connectivity index (χ1n) is 8.13. The van der Waals surface area contributed by atoms with Crippen molar-refractivity contribution < 1.29 is 19.4 Å². The summed E-state index contributed by atoms with van der Waals surface area (Å²) in [6.45, 7) is 4.94. The summed E-state index contributed by atoms with van der Waals surface area (Å²) in [6.07, 6.45) is 3.23. The molecule has 0 saturated carbocycles. The van der Waals surface area contributed by atoms with Crippen LogP contribution in [-0.4, -0.2) is 23.5 Å². The number of phenols is 1. The predicted molar refractivity (Wildman–Crippen MR) is 101 cm³/mol. The van der Waals surface area contributed by atoms with Crippen LogP contribution in [0, 0.1) is 6.92 Å². The average molecular weight is 354 g/mol. The van der Waals surface area contributed by atoms with Crippen LogP contribution < -0.4 is 15.0 Å². The van der Waals surface area contributed by atoms with Gasteiger partial charge in [0.15, 0.2) is 0 Å². The van der Waals surface area contributed by atoms with Crippen LogP contribution in [0.25, 0.3) is 0 Å². The molecule has 0 atom stereocenters. The molecule has 6 nitrogen and oxygen atoms in total. The van der Waals surface area contributed by atoms with Crippen molar-refractivity contribution in [1.29, 1.82) is 0 Å². The zero-order valence-electron chi connectivity index (χ0n) is 15.0. The number of hydrogen-bond donors (Lipinski definition) is 2. The second-order valence-electron chi connectivity index (χ2n) is 5.79. The summed E-state index contributed by atoms with van der Waals surface area (Å²) in [5.74, 6) is 0.243. The number of benzene rings is 2. The topological polar surface area (TPSA) is 78.9 Å². The van der Waals surface area contributed by atoms with Crippen LogP contribution in [-0.2, 0) is 9.59 Å². The van der Waals surface area contributed by atoms with Gasteiger partial charge in [-0.2, -0.15) is 0 Å². The number of anilines is 2. The van der Waals surface area contributed by atoms with E-state index in [1.807, 2.05) is 13.0 Å². The van der Waals surface area contributed by atoms with E-state index >= 15 is 0 Å². The molecule has 0 spiro atoms. The minimum atomic E-state index is -0.229. The standard InChI is InChI=1S/C20H22N2O4/c1-14-8-9-19(20(25)12-14)22(16(3)24)10-5-11-26-18-7-4-6-17(13-18)21-15(2)23/h4-10,12-13,25H,11H2,1-3H3,(H,21,23)/b10-5+. The lowest BCUT2D eigenvalue weighted by Gasteiger charge is -2.18. The third kappa shape index (κ3) is 5.37. The van der Waals surface area contributed by atoms with Crippen LogP contribution in [0.15, 0.2) is 54.7 Å². The van der Waals surface area contributed by atoms with Gasteiger partial charge in [-0.25, -0.2) is 0 Å². The number of ether oxygens (including phenoxy) is 1. The molecule has 0 aliphatic carbocycles. The summed E-state index contributed by atoms with van der Waals surface area (Å²) in [5, 5.41) is 12.7. The summed E-state index contributed by atoms with van der Waals surface area (Å²) < 4.78 is 5.61. The molecule has 2 amide bonds. The lowest BCUT2D eigenvalue weighted by Crippen LogP contribution is -2.22. The van der Waals surface area contributed by atoms with Gasteiger partial charge < -0.3 is 15.2 Å². The van der Waals surface area contributed by atoms with E-state index in [1.165, 1.54) is 18.7 Å². The molecule has 0 aliphatic rings. The number of aromatic hydroxyl groups is 1. The maximum atomic E-state index is 11.9. The van der Waals surface area contributed by atoms with Crippen molar-refractivity contribution in [3.05, 3.63) is 60.3 Å². The Morgan fingerprint density at radius 3 is 2.62 bits per heavy atom. The van der Waals surface area contributed by atoms with E-state index in [2.05, 4.69) is 5.32 Å². The molecule has 2 aromatic rings. The molecule has 26 heavy (non-hydrogen) atoms. The van der Waals surface area contributed by atoms with Gasteiger partial charge in [-0.3, -0.25) is 14.5 Å². The van der Waals surface area contributed by atoms with Gasteiger partial charge in [-0.15, -0.1) is 0 Å². The van der Waals surface area contributed by atoms with E-state index in [0.717, 1.165) is 5.56 Å². The first-order valence-corrected chi connectivity index (χ1v) is 8.13. The Balaban J connectivity index is 2.03. The van der Waals surface area contributed by atoms with Gasteiger partial charge in [0.2, 0.25) is 11.8 Å². The number of hydrogen-bond acceptors (Lipinski definition) is 4. The summed E-state index contributed by atoms with van der Waals surface area (Å²) >= 11 is 0. The van der Waals surface area contributed by atoms with Crippen molar-refractivity contribution in [3.8, 4) is 11.5 Å². The predicted octanol–water partition coefficient (Wildman–Crippen LogP) is 3.60. The van der Waals surface area contributed by atoms with Crippen molar-refractivity contribution in [2.45, 2.75) is 20.8 Å².